The number of urea groups is 1. The molecule has 1 aliphatic rings. The van der Waals surface area contributed by atoms with Gasteiger partial charge in [0, 0.05) is 17.6 Å². The van der Waals surface area contributed by atoms with Gasteiger partial charge in [-0.1, -0.05) is 28.1 Å². The van der Waals surface area contributed by atoms with Crippen LogP contribution in [-0.2, 0) is 11.3 Å². The molecular weight excluding hydrogens is 354 g/mol. The van der Waals surface area contributed by atoms with Gasteiger partial charge in [-0.25, -0.2) is 9.59 Å². The number of halogens is 1. The van der Waals surface area contributed by atoms with Gasteiger partial charge in [-0.3, -0.25) is 15.0 Å². The molecule has 0 bridgehead atoms. The third kappa shape index (κ3) is 4.20. The molecule has 1 unspecified atom stereocenters. The van der Waals surface area contributed by atoms with Gasteiger partial charge in [0.15, 0.2) is 0 Å². The quantitative estimate of drug-likeness (QED) is 0.757. The van der Waals surface area contributed by atoms with Gasteiger partial charge in [-0.15, -0.1) is 0 Å². The van der Waals surface area contributed by atoms with Crippen LogP contribution in [0.3, 0.4) is 0 Å². The van der Waals surface area contributed by atoms with E-state index in [0.717, 1.165) is 14.9 Å². The normalized spacial score (nSPS) is 17.1. The van der Waals surface area contributed by atoms with Gasteiger partial charge < -0.3 is 10.4 Å². The summed E-state index contributed by atoms with van der Waals surface area (Å²) in [6.07, 6.45) is -0.101. The molecule has 1 aromatic carbocycles. The fourth-order valence-corrected chi connectivity index (χ4v) is 2.56. The minimum atomic E-state index is -1.15. The van der Waals surface area contributed by atoms with Crippen molar-refractivity contribution in [3.8, 4) is 0 Å². The average Bonchev–Trinajstić information content (AvgIpc) is 2.96. The first-order valence-electron chi connectivity index (χ1n) is 6.80. The second kappa shape index (κ2) is 7.26. The molecule has 1 saturated heterocycles. The molecule has 118 valence electrons. The number of carbonyl (C=O) groups is 3. The van der Waals surface area contributed by atoms with Crippen molar-refractivity contribution in [3.63, 3.8) is 0 Å². The van der Waals surface area contributed by atoms with Crippen LogP contribution in [0.1, 0.15) is 18.4 Å². The van der Waals surface area contributed by atoms with E-state index < -0.39 is 24.1 Å². The van der Waals surface area contributed by atoms with Crippen molar-refractivity contribution in [2.75, 3.05) is 6.54 Å². The zero-order valence-electron chi connectivity index (χ0n) is 11.7. The Morgan fingerprint density at radius 3 is 2.59 bits per heavy atom. The van der Waals surface area contributed by atoms with Crippen molar-refractivity contribution in [1.82, 2.24) is 15.5 Å². The van der Waals surface area contributed by atoms with Crippen LogP contribution in [-0.4, -0.2) is 40.6 Å². The minimum absolute atomic E-state index is 0.277. The molecule has 0 spiro atoms. The number of rotatable bonds is 3. The van der Waals surface area contributed by atoms with Crippen LogP contribution in [0.15, 0.2) is 28.7 Å². The van der Waals surface area contributed by atoms with E-state index in [0.29, 0.717) is 19.4 Å². The van der Waals surface area contributed by atoms with Crippen molar-refractivity contribution in [2.24, 2.45) is 0 Å². The van der Waals surface area contributed by atoms with Crippen LogP contribution in [0.2, 0.25) is 0 Å². The maximum absolute atomic E-state index is 11.9. The summed E-state index contributed by atoms with van der Waals surface area (Å²) in [6.45, 7) is 0.591. The molecule has 1 aliphatic heterocycles. The molecule has 8 heteroatoms. The number of imide groups is 1. The molecule has 0 saturated carbocycles. The van der Waals surface area contributed by atoms with Crippen LogP contribution in [0, 0.1) is 0 Å². The Morgan fingerprint density at radius 1 is 1.27 bits per heavy atom. The Bertz CT molecular complexity index is 576. The van der Waals surface area contributed by atoms with E-state index >= 15 is 0 Å². The molecule has 1 fully saturated rings. The van der Waals surface area contributed by atoms with Crippen molar-refractivity contribution >= 4 is 34.0 Å². The number of carbonyl (C=O) groups excluding carboxylic acids is 2. The Balaban J connectivity index is 1.82. The Labute approximate surface area is 135 Å². The standard InChI is InChI=1S/C14H16BrN3O4/c15-10-5-3-9(4-6-10)8-16-13(20)17-12(19)11-2-1-7-18(11)14(21)22/h3-6,11H,1-2,7-8H2,(H,21,22)(H2,16,17,19,20). The lowest BCUT2D eigenvalue weighted by Crippen LogP contribution is -2.49. The second-order valence-corrected chi connectivity index (χ2v) is 5.85. The fraction of sp³-hybridized carbons (Fsp3) is 0.357. The van der Waals surface area contributed by atoms with Gasteiger partial charge in [0.05, 0.1) is 0 Å². The molecular formula is C14H16BrN3O4. The molecule has 4 amide bonds. The number of nitrogens with one attached hydrogen (secondary N) is 2. The highest BCUT2D eigenvalue weighted by atomic mass is 79.9. The topological polar surface area (TPSA) is 98.7 Å². The van der Waals surface area contributed by atoms with E-state index in [1.165, 1.54) is 0 Å². The lowest BCUT2D eigenvalue weighted by molar-refractivity contribution is -0.123. The summed E-state index contributed by atoms with van der Waals surface area (Å²) in [5, 5.41) is 13.7. The zero-order chi connectivity index (χ0) is 16.1. The largest absolute Gasteiger partial charge is 0.465 e. The van der Waals surface area contributed by atoms with E-state index in [4.69, 9.17) is 5.11 Å². The number of carboxylic acid groups (broad SMARTS) is 1. The maximum atomic E-state index is 11.9. The smallest absolute Gasteiger partial charge is 0.407 e. The van der Waals surface area contributed by atoms with Gasteiger partial charge in [-0.2, -0.15) is 0 Å². The number of hydrogen-bond acceptors (Lipinski definition) is 3. The third-order valence-corrected chi connectivity index (χ3v) is 3.93. The summed E-state index contributed by atoms with van der Waals surface area (Å²) in [7, 11) is 0. The monoisotopic (exact) mass is 369 g/mol. The molecule has 0 radical (unpaired) electrons. The Hall–Kier alpha value is -2.09. The minimum Gasteiger partial charge on any atom is -0.465 e. The molecule has 0 aliphatic carbocycles. The van der Waals surface area contributed by atoms with E-state index in [-0.39, 0.29) is 6.54 Å². The lowest BCUT2D eigenvalue weighted by Gasteiger charge is -2.20. The van der Waals surface area contributed by atoms with E-state index in [2.05, 4.69) is 26.6 Å². The van der Waals surface area contributed by atoms with Crippen LogP contribution in [0.5, 0.6) is 0 Å². The lowest BCUT2D eigenvalue weighted by atomic mass is 10.2. The van der Waals surface area contributed by atoms with Crippen LogP contribution >= 0.6 is 15.9 Å². The summed E-state index contributed by atoms with van der Waals surface area (Å²) in [5.41, 5.74) is 0.888. The van der Waals surface area contributed by atoms with Crippen molar-refractivity contribution < 1.29 is 19.5 Å². The average molecular weight is 370 g/mol. The highest BCUT2D eigenvalue weighted by Crippen LogP contribution is 2.17. The Morgan fingerprint density at radius 2 is 1.95 bits per heavy atom. The maximum Gasteiger partial charge on any atom is 0.407 e. The van der Waals surface area contributed by atoms with Crippen LogP contribution in [0.4, 0.5) is 9.59 Å². The number of likely N-dealkylation sites (tertiary alicyclic amines) is 1. The second-order valence-electron chi connectivity index (χ2n) is 4.93. The number of amides is 4. The number of benzene rings is 1. The predicted molar refractivity (Wildman–Crippen MR) is 82.3 cm³/mol. The molecule has 7 nitrogen and oxygen atoms in total. The van der Waals surface area contributed by atoms with Crippen molar-refractivity contribution in [3.05, 3.63) is 34.3 Å². The molecule has 0 aromatic heterocycles. The predicted octanol–water partition coefficient (Wildman–Crippen LogP) is 1.92. The van der Waals surface area contributed by atoms with Crippen molar-refractivity contribution in [2.45, 2.75) is 25.4 Å². The number of hydrogen-bond donors (Lipinski definition) is 3. The molecule has 2 rings (SSSR count). The summed E-state index contributed by atoms with van der Waals surface area (Å²) < 4.78 is 0.936. The first-order chi connectivity index (χ1) is 10.5. The van der Waals surface area contributed by atoms with Gasteiger partial charge in [0.25, 0.3) is 5.91 Å². The van der Waals surface area contributed by atoms with Gasteiger partial charge >= 0.3 is 12.1 Å². The summed E-state index contributed by atoms with van der Waals surface area (Å²) in [4.78, 5) is 35.7. The van der Waals surface area contributed by atoms with E-state index in [1.54, 1.807) is 0 Å². The van der Waals surface area contributed by atoms with Gasteiger partial charge in [0.1, 0.15) is 6.04 Å². The first kappa shape index (κ1) is 16.3. The highest BCUT2D eigenvalue weighted by molar-refractivity contribution is 9.10. The van der Waals surface area contributed by atoms with E-state index in [1.807, 2.05) is 24.3 Å². The third-order valence-electron chi connectivity index (χ3n) is 3.40. The van der Waals surface area contributed by atoms with Crippen LogP contribution in [0.25, 0.3) is 0 Å². The Kier molecular flexibility index (Phi) is 5.37. The molecule has 1 heterocycles. The highest BCUT2D eigenvalue weighted by Gasteiger charge is 2.34. The molecule has 3 N–H and O–H groups in total. The summed E-state index contributed by atoms with van der Waals surface area (Å²) >= 11 is 3.32. The molecule has 1 atom stereocenters. The van der Waals surface area contributed by atoms with Crippen molar-refractivity contribution in [1.29, 1.82) is 0 Å². The molecule has 1 aromatic rings. The summed E-state index contributed by atoms with van der Waals surface area (Å²) in [6, 6.07) is 5.96. The molecule has 22 heavy (non-hydrogen) atoms. The SMILES string of the molecule is O=C(NCc1ccc(Br)cc1)NC(=O)C1CCCN1C(=O)O. The fourth-order valence-electron chi connectivity index (χ4n) is 2.29. The van der Waals surface area contributed by atoms with E-state index in [9.17, 15) is 14.4 Å². The van der Waals surface area contributed by atoms with Gasteiger partial charge in [0.2, 0.25) is 0 Å². The zero-order valence-corrected chi connectivity index (χ0v) is 13.3. The summed E-state index contributed by atoms with van der Waals surface area (Å²) in [5.74, 6) is -0.590. The van der Waals surface area contributed by atoms with Crippen LogP contribution < -0.4 is 10.6 Å². The van der Waals surface area contributed by atoms with Gasteiger partial charge in [-0.05, 0) is 30.5 Å². The number of nitrogens with zero attached hydrogens (tertiary/aromatic N) is 1. The first-order valence-corrected chi connectivity index (χ1v) is 7.59.